The Morgan fingerprint density at radius 1 is 1.11 bits per heavy atom. The van der Waals surface area contributed by atoms with Gasteiger partial charge in [-0.2, -0.15) is 12.6 Å². The van der Waals surface area contributed by atoms with Gasteiger partial charge in [-0.25, -0.2) is 9.97 Å². The molecular weight excluding hydrogens is 240 g/mol. The van der Waals surface area contributed by atoms with E-state index in [0.717, 1.165) is 29.2 Å². The largest absolute Gasteiger partial charge is 0.237 e. The first-order valence-electron chi connectivity index (χ1n) is 6.27. The molecule has 18 heavy (non-hydrogen) atoms. The lowest BCUT2D eigenvalue weighted by Crippen LogP contribution is -1.96. The minimum atomic E-state index is 0.572. The molecule has 0 N–H and O–H groups in total. The Morgan fingerprint density at radius 2 is 1.83 bits per heavy atom. The summed E-state index contributed by atoms with van der Waals surface area (Å²) in [5, 5.41) is 0. The Morgan fingerprint density at radius 3 is 2.44 bits per heavy atom. The van der Waals surface area contributed by atoms with Crippen LogP contribution in [-0.4, -0.2) is 9.97 Å². The standard InChI is InChI=1S/C15H18N2S/c1-3-4-12-5-7-13(8-6-12)14-9-11(2)16-15(10-18)17-14/h5-9,18H,3-4,10H2,1-2H3. The molecule has 0 unspecified atom stereocenters. The highest BCUT2D eigenvalue weighted by Crippen LogP contribution is 2.19. The zero-order valence-corrected chi connectivity index (χ0v) is 11.7. The smallest absolute Gasteiger partial charge is 0.138 e. The molecule has 0 bridgehead atoms. The first-order chi connectivity index (χ1) is 8.72. The fraction of sp³-hybridized carbons (Fsp3) is 0.333. The van der Waals surface area contributed by atoms with Crippen molar-refractivity contribution in [2.45, 2.75) is 32.4 Å². The lowest BCUT2D eigenvalue weighted by atomic mass is 10.1. The highest BCUT2D eigenvalue weighted by atomic mass is 32.1. The van der Waals surface area contributed by atoms with E-state index >= 15 is 0 Å². The number of hydrogen-bond donors (Lipinski definition) is 1. The van der Waals surface area contributed by atoms with Gasteiger partial charge in [0.25, 0.3) is 0 Å². The number of hydrogen-bond acceptors (Lipinski definition) is 3. The number of rotatable bonds is 4. The van der Waals surface area contributed by atoms with Crippen LogP contribution in [0.5, 0.6) is 0 Å². The number of benzene rings is 1. The van der Waals surface area contributed by atoms with E-state index in [9.17, 15) is 0 Å². The highest BCUT2D eigenvalue weighted by Gasteiger charge is 2.03. The molecule has 2 nitrogen and oxygen atoms in total. The molecule has 0 aliphatic rings. The molecule has 1 heterocycles. The highest BCUT2D eigenvalue weighted by molar-refractivity contribution is 7.79. The summed E-state index contributed by atoms with van der Waals surface area (Å²) in [4.78, 5) is 8.85. The topological polar surface area (TPSA) is 25.8 Å². The molecule has 1 aromatic heterocycles. The van der Waals surface area contributed by atoms with Crippen molar-refractivity contribution >= 4 is 12.6 Å². The van der Waals surface area contributed by atoms with Gasteiger partial charge >= 0.3 is 0 Å². The van der Waals surface area contributed by atoms with Crippen LogP contribution in [-0.2, 0) is 12.2 Å². The van der Waals surface area contributed by atoms with Crippen molar-refractivity contribution in [3.8, 4) is 11.3 Å². The average Bonchev–Trinajstić information content (AvgIpc) is 2.39. The second-order valence-electron chi connectivity index (χ2n) is 4.42. The zero-order valence-electron chi connectivity index (χ0n) is 10.8. The Hall–Kier alpha value is -1.35. The van der Waals surface area contributed by atoms with Gasteiger partial charge in [-0.3, -0.25) is 0 Å². The minimum absolute atomic E-state index is 0.572. The summed E-state index contributed by atoms with van der Waals surface area (Å²) in [5.41, 5.74) is 4.49. The second kappa shape index (κ2) is 6.01. The van der Waals surface area contributed by atoms with Gasteiger partial charge in [0.1, 0.15) is 5.82 Å². The van der Waals surface area contributed by atoms with Crippen LogP contribution in [0, 0.1) is 6.92 Å². The van der Waals surface area contributed by atoms with Crippen LogP contribution in [0.1, 0.15) is 30.4 Å². The van der Waals surface area contributed by atoms with Gasteiger partial charge in [0.2, 0.25) is 0 Å². The van der Waals surface area contributed by atoms with E-state index in [2.05, 4.69) is 53.8 Å². The van der Waals surface area contributed by atoms with Crippen LogP contribution < -0.4 is 0 Å². The number of aryl methyl sites for hydroxylation is 2. The van der Waals surface area contributed by atoms with Crippen molar-refractivity contribution in [1.82, 2.24) is 9.97 Å². The molecule has 3 heteroatoms. The van der Waals surface area contributed by atoms with Gasteiger partial charge in [0.15, 0.2) is 0 Å². The second-order valence-corrected chi connectivity index (χ2v) is 4.73. The van der Waals surface area contributed by atoms with Gasteiger partial charge in [0.05, 0.1) is 11.4 Å². The summed E-state index contributed by atoms with van der Waals surface area (Å²) in [5.74, 6) is 1.36. The molecular formula is C15H18N2S. The van der Waals surface area contributed by atoms with Crippen LogP contribution in [0.15, 0.2) is 30.3 Å². The average molecular weight is 258 g/mol. The number of nitrogens with zero attached hydrogens (tertiary/aromatic N) is 2. The summed E-state index contributed by atoms with van der Waals surface area (Å²) >= 11 is 4.24. The zero-order chi connectivity index (χ0) is 13.0. The molecule has 2 aromatic rings. The lowest BCUT2D eigenvalue weighted by molar-refractivity contribution is 0.922. The predicted molar refractivity (Wildman–Crippen MR) is 78.9 cm³/mol. The van der Waals surface area contributed by atoms with Gasteiger partial charge < -0.3 is 0 Å². The van der Waals surface area contributed by atoms with Crippen molar-refractivity contribution in [2.75, 3.05) is 0 Å². The van der Waals surface area contributed by atoms with E-state index in [1.54, 1.807) is 0 Å². The summed E-state index contributed by atoms with van der Waals surface area (Å²) in [6, 6.07) is 10.6. The van der Waals surface area contributed by atoms with Crippen molar-refractivity contribution in [1.29, 1.82) is 0 Å². The fourth-order valence-electron chi connectivity index (χ4n) is 1.98. The van der Waals surface area contributed by atoms with E-state index in [0.29, 0.717) is 5.75 Å². The monoisotopic (exact) mass is 258 g/mol. The van der Waals surface area contributed by atoms with Crippen molar-refractivity contribution in [2.24, 2.45) is 0 Å². The molecule has 1 aromatic carbocycles. The SMILES string of the molecule is CCCc1ccc(-c2cc(C)nc(CS)n2)cc1. The quantitative estimate of drug-likeness (QED) is 0.843. The van der Waals surface area contributed by atoms with E-state index < -0.39 is 0 Å². The molecule has 0 aliphatic carbocycles. The van der Waals surface area contributed by atoms with Gasteiger partial charge in [-0.15, -0.1) is 0 Å². The first-order valence-corrected chi connectivity index (χ1v) is 6.91. The maximum atomic E-state index is 4.51. The number of aromatic nitrogens is 2. The molecule has 0 radical (unpaired) electrons. The molecule has 0 saturated carbocycles. The Bertz CT molecular complexity index is 521. The fourth-order valence-corrected chi connectivity index (χ4v) is 2.12. The third-order valence-electron chi connectivity index (χ3n) is 2.83. The molecule has 2 rings (SSSR count). The molecule has 0 saturated heterocycles. The third kappa shape index (κ3) is 3.10. The van der Waals surface area contributed by atoms with Crippen molar-refractivity contribution in [3.63, 3.8) is 0 Å². The van der Waals surface area contributed by atoms with Crippen LogP contribution in [0.4, 0.5) is 0 Å². The molecule has 0 spiro atoms. The summed E-state index contributed by atoms with van der Waals surface area (Å²) < 4.78 is 0. The van der Waals surface area contributed by atoms with Crippen LogP contribution in [0.25, 0.3) is 11.3 Å². The maximum Gasteiger partial charge on any atom is 0.138 e. The van der Waals surface area contributed by atoms with Gasteiger partial charge in [0, 0.05) is 11.3 Å². The van der Waals surface area contributed by atoms with E-state index in [1.165, 1.54) is 12.0 Å². The van der Waals surface area contributed by atoms with Crippen LogP contribution >= 0.6 is 12.6 Å². The minimum Gasteiger partial charge on any atom is -0.237 e. The summed E-state index contributed by atoms with van der Waals surface area (Å²) in [6.45, 7) is 4.18. The maximum absolute atomic E-state index is 4.51. The molecule has 0 atom stereocenters. The predicted octanol–water partition coefficient (Wildman–Crippen LogP) is 3.83. The third-order valence-corrected chi connectivity index (χ3v) is 3.11. The van der Waals surface area contributed by atoms with E-state index in [-0.39, 0.29) is 0 Å². The van der Waals surface area contributed by atoms with E-state index in [4.69, 9.17) is 0 Å². The van der Waals surface area contributed by atoms with Crippen molar-refractivity contribution in [3.05, 3.63) is 47.4 Å². The Kier molecular flexibility index (Phi) is 4.37. The lowest BCUT2D eigenvalue weighted by Gasteiger charge is -2.06. The van der Waals surface area contributed by atoms with Crippen molar-refractivity contribution < 1.29 is 0 Å². The number of thiol groups is 1. The Balaban J connectivity index is 2.33. The van der Waals surface area contributed by atoms with E-state index in [1.807, 2.05) is 13.0 Å². The molecule has 0 aliphatic heterocycles. The summed E-state index contributed by atoms with van der Waals surface area (Å²) in [6.07, 6.45) is 2.31. The molecule has 0 fully saturated rings. The molecule has 94 valence electrons. The molecule has 0 amide bonds. The van der Waals surface area contributed by atoms with Crippen LogP contribution in [0.3, 0.4) is 0 Å². The van der Waals surface area contributed by atoms with Crippen LogP contribution in [0.2, 0.25) is 0 Å². The summed E-state index contributed by atoms with van der Waals surface area (Å²) in [7, 11) is 0. The van der Waals surface area contributed by atoms with Gasteiger partial charge in [-0.05, 0) is 25.0 Å². The van der Waals surface area contributed by atoms with Gasteiger partial charge in [-0.1, -0.05) is 37.6 Å². The Labute approximate surface area is 114 Å². The normalized spacial score (nSPS) is 10.6. The first kappa shape index (κ1) is 13.1.